The predicted molar refractivity (Wildman–Crippen MR) is 85.0 cm³/mol. The fraction of sp³-hybridized carbons (Fsp3) is 0.333. The molecular weight excluding hydrogens is 300 g/mol. The summed E-state index contributed by atoms with van der Waals surface area (Å²) < 4.78 is 29.1. The summed E-state index contributed by atoms with van der Waals surface area (Å²) in [6.07, 6.45) is 0. The van der Waals surface area contributed by atoms with Crippen LogP contribution in [0.15, 0.2) is 60.7 Å². The number of alkyl halides is 2. The first-order valence-electron chi connectivity index (χ1n) is 7.51. The van der Waals surface area contributed by atoms with Crippen LogP contribution in [0.1, 0.15) is 11.1 Å². The summed E-state index contributed by atoms with van der Waals surface area (Å²) in [4.78, 5) is 1.95. The summed E-state index contributed by atoms with van der Waals surface area (Å²) >= 11 is 0. The molecule has 0 radical (unpaired) electrons. The fourth-order valence-corrected chi connectivity index (χ4v) is 2.41. The Labute approximate surface area is 135 Å². The normalized spacial score (nSPS) is 12.7. The van der Waals surface area contributed by atoms with E-state index in [0.717, 1.165) is 11.1 Å². The number of halogens is 2. The van der Waals surface area contributed by atoms with E-state index in [-0.39, 0.29) is 13.2 Å². The first-order chi connectivity index (χ1) is 11.2. The topological polar surface area (TPSA) is 32.7 Å². The Bertz CT molecular complexity index is 510. The molecule has 0 saturated heterocycles. The average molecular weight is 321 g/mol. The van der Waals surface area contributed by atoms with E-state index in [9.17, 15) is 13.9 Å². The lowest BCUT2D eigenvalue weighted by Gasteiger charge is -2.30. The Hall–Kier alpha value is -1.82. The number of rotatable bonds is 9. The summed E-state index contributed by atoms with van der Waals surface area (Å²) in [6.45, 7) is -2.19. The van der Waals surface area contributed by atoms with Gasteiger partial charge in [-0.1, -0.05) is 60.7 Å². The van der Waals surface area contributed by atoms with Crippen molar-refractivity contribution in [2.24, 2.45) is 0 Å². The third kappa shape index (κ3) is 6.06. The molecule has 23 heavy (non-hydrogen) atoms. The van der Waals surface area contributed by atoms with E-state index < -0.39 is 12.7 Å². The molecule has 0 heterocycles. The molecule has 2 aromatic rings. The van der Waals surface area contributed by atoms with E-state index in [1.165, 1.54) is 0 Å². The number of nitrogens with zero attached hydrogens (tertiary/aromatic N) is 1. The van der Waals surface area contributed by atoms with E-state index in [2.05, 4.69) is 4.74 Å². The number of benzene rings is 2. The summed E-state index contributed by atoms with van der Waals surface area (Å²) in [5.74, 6) is 0. The lowest BCUT2D eigenvalue weighted by Crippen LogP contribution is -2.40. The monoisotopic (exact) mass is 321 g/mol. The number of hydrogen-bond acceptors (Lipinski definition) is 3. The molecule has 2 rings (SSSR count). The van der Waals surface area contributed by atoms with Crippen LogP contribution in [0.2, 0.25) is 0 Å². The van der Waals surface area contributed by atoms with Crippen molar-refractivity contribution < 1.29 is 18.6 Å². The molecule has 0 spiro atoms. The highest BCUT2D eigenvalue weighted by Gasteiger charge is 2.20. The lowest BCUT2D eigenvalue weighted by atomic mass is 10.1. The van der Waals surface area contributed by atoms with Crippen molar-refractivity contribution in [3.05, 3.63) is 71.8 Å². The van der Waals surface area contributed by atoms with Crippen molar-refractivity contribution in [1.29, 1.82) is 0 Å². The van der Waals surface area contributed by atoms with Crippen LogP contribution < -0.4 is 0 Å². The van der Waals surface area contributed by atoms with E-state index in [1.54, 1.807) is 0 Å². The predicted octanol–water partition coefficient (Wildman–Crippen LogP) is 3.29. The Morgan fingerprint density at radius 1 is 0.870 bits per heavy atom. The van der Waals surface area contributed by atoms with Crippen LogP contribution in [-0.4, -0.2) is 35.9 Å². The summed E-state index contributed by atoms with van der Waals surface area (Å²) in [5, 5.41) is 9.60. The lowest BCUT2D eigenvalue weighted by molar-refractivity contribution is -0.145. The van der Waals surface area contributed by atoms with Crippen molar-refractivity contribution in [1.82, 2.24) is 4.90 Å². The van der Waals surface area contributed by atoms with Gasteiger partial charge in [0.1, 0.15) is 0 Å². The summed E-state index contributed by atoms with van der Waals surface area (Å²) in [5.41, 5.74) is 2.11. The Balaban J connectivity index is 2.11. The molecule has 3 nitrogen and oxygen atoms in total. The zero-order chi connectivity index (χ0) is 16.5. The second-order valence-electron chi connectivity index (χ2n) is 5.31. The molecule has 0 aromatic heterocycles. The van der Waals surface area contributed by atoms with Gasteiger partial charge in [0.2, 0.25) is 0 Å². The van der Waals surface area contributed by atoms with Crippen LogP contribution in [0.25, 0.3) is 0 Å². The summed E-state index contributed by atoms with van der Waals surface area (Å²) in [7, 11) is 0. The second kappa shape index (κ2) is 9.35. The van der Waals surface area contributed by atoms with Gasteiger partial charge in [-0.25, -0.2) is 0 Å². The molecule has 0 aliphatic rings. The van der Waals surface area contributed by atoms with Crippen LogP contribution in [-0.2, 0) is 17.8 Å². The zero-order valence-electron chi connectivity index (χ0n) is 12.8. The molecule has 1 atom stereocenters. The molecule has 0 bridgehead atoms. The van der Waals surface area contributed by atoms with Crippen LogP contribution in [0.4, 0.5) is 8.78 Å². The molecular formula is C18H21F2NO2. The van der Waals surface area contributed by atoms with Gasteiger partial charge >= 0.3 is 6.61 Å². The zero-order valence-corrected chi connectivity index (χ0v) is 12.8. The van der Waals surface area contributed by atoms with Crippen LogP contribution in [0.3, 0.4) is 0 Å². The van der Waals surface area contributed by atoms with E-state index in [0.29, 0.717) is 13.1 Å². The molecule has 2 aromatic carbocycles. The minimum atomic E-state index is -2.83. The second-order valence-corrected chi connectivity index (χ2v) is 5.31. The standard InChI is InChI=1S/C18H21F2NO2/c19-18(20)23-14-17(13-22)21(11-15-7-3-1-4-8-15)12-16-9-5-2-6-10-16/h1-10,17-18,22H,11-14H2. The first-order valence-corrected chi connectivity index (χ1v) is 7.51. The number of hydrogen-bond donors (Lipinski definition) is 1. The molecule has 1 unspecified atom stereocenters. The number of aliphatic hydroxyl groups is 1. The SMILES string of the molecule is OCC(COC(F)F)N(Cc1ccccc1)Cc1ccccc1. The fourth-order valence-electron chi connectivity index (χ4n) is 2.41. The van der Waals surface area contributed by atoms with E-state index >= 15 is 0 Å². The van der Waals surface area contributed by atoms with Gasteiger partial charge in [-0.2, -0.15) is 8.78 Å². The summed E-state index contributed by atoms with van der Waals surface area (Å²) in [6, 6.07) is 19.0. The molecule has 1 N–H and O–H groups in total. The molecule has 0 aliphatic heterocycles. The van der Waals surface area contributed by atoms with Crippen molar-refractivity contribution >= 4 is 0 Å². The molecule has 0 amide bonds. The number of ether oxygens (including phenoxy) is 1. The van der Waals surface area contributed by atoms with Crippen LogP contribution in [0.5, 0.6) is 0 Å². The Morgan fingerprint density at radius 3 is 1.74 bits per heavy atom. The van der Waals surface area contributed by atoms with Gasteiger partial charge in [0.15, 0.2) is 0 Å². The van der Waals surface area contributed by atoms with Crippen molar-refractivity contribution in [2.45, 2.75) is 25.7 Å². The molecule has 0 aliphatic carbocycles. The molecule has 5 heteroatoms. The minimum absolute atomic E-state index is 0.214. The van der Waals surface area contributed by atoms with Gasteiger partial charge in [0, 0.05) is 13.1 Å². The molecule has 0 saturated carbocycles. The van der Waals surface area contributed by atoms with Gasteiger partial charge in [-0.15, -0.1) is 0 Å². The van der Waals surface area contributed by atoms with Crippen molar-refractivity contribution in [3.8, 4) is 0 Å². The Kier molecular flexibility index (Phi) is 7.13. The molecule has 0 fully saturated rings. The third-order valence-electron chi connectivity index (χ3n) is 3.60. The van der Waals surface area contributed by atoms with Gasteiger partial charge < -0.3 is 9.84 Å². The van der Waals surface area contributed by atoms with Crippen molar-refractivity contribution in [2.75, 3.05) is 13.2 Å². The first kappa shape index (κ1) is 17.5. The maximum absolute atomic E-state index is 12.3. The van der Waals surface area contributed by atoms with Gasteiger partial charge in [-0.05, 0) is 11.1 Å². The molecule has 124 valence electrons. The highest BCUT2D eigenvalue weighted by atomic mass is 19.3. The highest BCUT2D eigenvalue weighted by Crippen LogP contribution is 2.14. The highest BCUT2D eigenvalue weighted by molar-refractivity contribution is 5.17. The van der Waals surface area contributed by atoms with Crippen molar-refractivity contribution in [3.63, 3.8) is 0 Å². The van der Waals surface area contributed by atoms with Crippen LogP contribution in [0, 0.1) is 0 Å². The number of aliphatic hydroxyl groups excluding tert-OH is 1. The average Bonchev–Trinajstić information content (AvgIpc) is 2.57. The van der Waals surface area contributed by atoms with Gasteiger partial charge in [0.05, 0.1) is 19.3 Å². The minimum Gasteiger partial charge on any atom is -0.395 e. The van der Waals surface area contributed by atoms with E-state index in [1.807, 2.05) is 65.6 Å². The Morgan fingerprint density at radius 2 is 1.35 bits per heavy atom. The largest absolute Gasteiger partial charge is 0.395 e. The smallest absolute Gasteiger partial charge is 0.345 e. The maximum atomic E-state index is 12.3. The quantitative estimate of drug-likeness (QED) is 0.769. The van der Waals surface area contributed by atoms with Gasteiger partial charge in [-0.3, -0.25) is 4.90 Å². The maximum Gasteiger partial charge on any atom is 0.345 e. The van der Waals surface area contributed by atoms with Gasteiger partial charge in [0.25, 0.3) is 0 Å². The van der Waals surface area contributed by atoms with E-state index in [4.69, 9.17) is 0 Å². The van der Waals surface area contributed by atoms with Crippen LogP contribution >= 0.6 is 0 Å². The third-order valence-corrected chi connectivity index (χ3v) is 3.60.